The molecule has 1 atom stereocenters. The van der Waals surface area contributed by atoms with Gasteiger partial charge in [-0.25, -0.2) is 4.98 Å². The summed E-state index contributed by atoms with van der Waals surface area (Å²) in [5, 5.41) is 3.42. The Bertz CT molecular complexity index is 420. The topological polar surface area (TPSA) is 44.3 Å². The normalized spacial score (nSPS) is 20.6. The first-order valence-corrected chi connectivity index (χ1v) is 7.53. The van der Waals surface area contributed by atoms with Crippen LogP contribution in [0.1, 0.15) is 26.5 Å². The van der Waals surface area contributed by atoms with Crippen LogP contribution in [0.25, 0.3) is 0 Å². The summed E-state index contributed by atoms with van der Waals surface area (Å²) < 4.78 is 0. The number of anilines is 1. The molecule has 1 aliphatic rings. The molecule has 0 radical (unpaired) electrons. The molecule has 0 aromatic carbocycles. The van der Waals surface area contributed by atoms with Crippen molar-refractivity contribution >= 4 is 5.82 Å². The van der Waals surface area contributed by atoms with Crippen LogP contribution in [0, 0.1) is 5.92 Å². The predicted octanol–water partition coefficient (Wildman–Crippen LogP) is 1.36. The quantitative estimate of drug-likeness (QED) is 0.880. The second-order valence-electron chi connectivity index (χ2n) is 6.20. The van der Waals surface area contributed by atoms with Gasteiger partial charge in [0.1, 0.15) is 5.82 Å². The van der Waals surface area contributed by atoms with E-state index in [-0.39, 0.29) is 0 Å². The number of hydrogen-bond donors (Lipinski definition) is 1. The zero-order valence-corrected chi connectivity index (χ0v) is 13.1. The van der Waals surface area contributed by atoms with Gasteiger partial charge in [0.2, 0.25) is 0 Å². The summed E-state index contributed by atoms with van der Waals surface area (Å²) >= 11 is 0. The van der Waals surface area contributed by atoms with Gasteiger partial charge in [0.05, 0.1) is 11.9 Å². The molecule has 0 aliphatic carbocycles. The Kier molecular flexibility index (Phi) is 5.31. The maximum absolute atomic E-state index is 4.75. The Morgan fingerprint density at radius 1 is 1.35 bits per heavy atom. The summed E-state index contributed by atoms with van der Waals surface area (Å²) in [4.78, 5) is 13.8. The van der Waals surface area contributed by atoms with Crippen molar-refractivity contribution < 1.29 is 0 Å². The summed E-state index contributed by atoms with van der Waals surface area (Å²) in [6, 6.07) is 0.488. The Morgan fingerprint density at radius 2 is 2.15 bits per heavy atom. The zero-order chi connectivity index (χ0) is 14.5. The monoisotopic (exact) mass is 277 g/mol. The lowest BCUT2D eigenvalue weighted by molar-refractivity contribution is 0.274. The van der Waals surface area contributed by atoms with Crippen molar-refractivity contribution in [3.63, 3.8) is 0 Å². The third-order valence-electron chi connectivity index (χ3n) is 3.66. The smallest absolute Gasteiger partial charge is 0.147 e. The first-order chi connectivity index (χ1) is 9.56. The summed E-state index contributed by atoms with van der Waals surface area (Å²) in [7, 11) is 2.17. The number of piperazine rings is 1. The maximum atomic E-state index is 4.75. The van der Waals surface area contributed by atoms with Crippen LogP contribution in [0.15, 0.2) is 12.4 Å². The van der Waals surface area contributed by atoms with Crippen LogP contribution in [0.2, 0.25) is 0 Å². The second-order valence-corrected chi connectivity index (χ2v) is 6.20. The minimum atomic E-state index is 0.488. The van der Waals surface area contributed by atoms with Gasteiger partial charge in [0.25, 0.3) is 0 Å². The highest BCUT2D eigenvalue weighted by Gasteiger charge is 2.22. The van der Waals surface area contributed by atoms with Crippen LogP contribution < -0.4 is 10.2 Å². The average molecular weight is 277 g/mol. The average Bonchev–Trinajstić information content (AvgIpc) is 2.38. The van der Waals surface area contributed by atoms with E-state index < -0.39 is 0 Å². The van der Waals surface area contributed by atoms with Crippen molar-refractivity contribution in [2.24, 2.45) is 5.92 Å². The molecule has 1 saturated heterocycles. The van der Waals surface area contributed by atoms with Gasteiger partial charge >= 0.3 is 0 Å². The molecule has 0 saturated carbocycles. The molecule has 5 heteroatoms. The largest absolute Gasteiger partial charge is 0.350 e. The van der Waals surface area contributed by atoms with Crippen molar-refractivity contribution in [3.8, 4) is 0 Å². The molecule has 2 rings (SSSR count). The van der Waals surface area contributed by atoms with Crippen molar-refractivity contribution in [1.29, 1.82) is 0 Å². The van der Waals surface area contributed by atoms with E-state index in [4.69, 9.17) is 4.98 Å². The molecule has 1 aliphatic heterocycles. The second kappa shape index (κ2) is 6.99. The molecule has 1 unspecified atom stereocenters. The number of likely N-dealkylation sites (N-methyl/N-ethyl adjacent to an activating group) is 1. The molecular formula is C15H27N5. The van der Waals surface area contributed by atoms with Crippen molar-refractivity contribution in [2.75, 3.05) is 38.1 Å². The van der Waals surface area contributed by atoms with Crippen LogP contribution in [0.3, 0.4) is 0 Å². The highest BCUT2D eigenvalue weighted by atomic mass is 15.3. The van der Waals surface area contributed by atoms with Gasteiger partial charge in [-0.05, 0) is 26.4 Å². The van der Waals surface area contributed by atoms with Gasteiger partial charge in [0, 0.05) is 38.4 Å². The first-order valence-electron chi connectivity index (χ1n) is 7.53. The van der Waals surface area contributed by atoms with Crippen LogP contribution >= 0.6 is 0 Å². The van der Waals surface area contributed by atoms with Crippen molar-refractivity contribution in [1.82, 2.24) is 20.2 Å². The molecule has 2 heterocycles. The van der Waals surface area contributed by atoms with Gasteiger partial charge < -0.3 is 15.1 Å². The Morgan fingerprint density at radius 3 is 2.85 bits per heavy atom. The fourth-order valence-corrected chi connectivity index (χ4v) is 2.59. The van der Waals surface area contributed by atoms with Crippen molar-refractivity contribution in [2.45, 2.75) is 33.4 Å². The van der Waals surface area contributed by atoms with Gasteiger partial charge in [-0.2, -0.15) is 0 Å². The van der Waals surface area contributed by atoms with E-state index in [0.29, 0.717) is 12.0 Å². The van der Waals surface area contributed by atoms with E-state index >= 15 is 0 Å². The van der Waals surface area contributed by atoms with Crippen LogP contribution in [0.4, 0.5) is 5.82 Å². The third-order valence-corrected chi connectivity index (χ3v) is 3.66. The summed E-state index contributed by atoms with van der Waals surface area (Å²) in [5.41, 5.74) is 1.02. The van der Waals surface area contributed by atoms with Crippen LogP contribution in [0.5, 0.6) is 0 Å². The van der Waals surface area contributed by atoms with E-state index in [1.165, 1.54) is 0 Å². The highest BCUT2D eigenvalue weighted by molar-refractivity contribution is 5.38. The maximum Gasteiger partial charge on any atom is 0.147 e. The lowest BCUT2D eigenvalue weighted by Crippen LogP contribution is -2.50. The lowest BCUT2D eigenvalue weighted by atomic mass is 10.2. The Labute approximate surface area is 122 Å². The lowest BCUT2D eigenvalue weighted by Gasteiger charge is -2.38. The zero-order valence-electron chi connectivity index (χ0n) is 13.1. The van der Waals surface area contributed by atoms with E-state index in [1.54, 1.807) is 0 Å². The molecule has 0 bridgehead atoms. The summed E-state index contributed by atoms with van der Waals surface area (Å²) in [5.74, 6) is 1.67. The molecule has 1 aromatic heterocycles. The molecule has 20 heavy (non-hydrogen) atoms. The molecule has 5 nitrogen and oxygen atoms in total. The standard InChI is InChI=1S/C15H27N5/c1-12(2)7-16-8-14-9-17-10-15(18-14)20-6-5-19(4)11-13(20)3/h9-10,12-13,16H,5-8,11H2,1-4H3. The van der Waals surface area contributed by atoms with E-state index in [9.17, 15) is 0 Å². The minimum absolute atomic E-state index is 0.488. The molecule has 0 spiro atoms. The van der Waals surface area contributed by atoms with Crippen LogP contribution in [-0.2, 0) is 6.54 Å². The number of nitrogens with one attached hydrogen (secondary N) is 1. The predicted molar refractivity (Wildman–Crippen MR) is 82.9 cm³/mol. The van der Waals surface area contributed by atoms with Gasteiger partial charge in [-0.15, -0.1) is 0 Å². The van der Waals surface area contributed by atoms with Gasteiger partial charge in [-0.3, -0.25) is 4.98 Å². The molecule has 112 valence electrons. The summed E-state index contributed by atoms with van der Waals surface area (Å²) in [6.07, 6.45) is 3.74. The highest BCUT2D eigenvalue weighted by Crippen LogP contribution is 2.17. The van der Waals surface area contributed by atoms with E-state index in [1.807, 2.05) is 12.4 Å². The SMILES string of the molecule is CC(C)CNCc1cncc(N2CCN(C)CC2C)n1. The Balaban J connectivity index is 1.98. The third kappa shape index (κ3) is 4.15. The molecule has 1 fully saturated rings. The molecular weight excluding hydrogens is 250 g/mol. The van der Waals surface area contributed by atoms with Gasteiger partial charge in [0.15, 0.2) is 0 Å². The Hall–Kier alpha value is -1.20. The fourth-order valence-electron chi connectivity index (χ4n) is 2.59. The molecule has 1 N–H and O–H groups in total. The number of aromatic nitrogens is 2. The molecule has 0 amide bonds. The summed E-state index contributed by atoms with van der Waals surface area (Å²) in [6.45, 7) is 11.7. The van der Waals surface area contributed by atoms with E-state index in [0.717, 1.165) is 44.2 Å². The number of rotatable bonds is 5. The molecule has 1 aromatic rings. The number of nitrogens with zero attached hydrogens (tertiary/aromatic N) is 4. The van der Waals surface area contributed by atoms with Crippen LogP contribution in [-0.4, -0.2) is 54.1 Å². The minimum Gasteiger partial charge on any atom is -0.350 e. The van der Waals surface area contributed by atoms with Gasteiger partial charge in [-0.1, -0.05) is 13.8 Å². The van der Waals surface area contributed by atoms with E-state index in [2.05, 4.69) is 47.9 Å². The van der Waals surface area contributed by atoms with Crippen molar-refractivity contribution in [3.05, 3.63) is 18.1 Å². The number of hydrogen-bond acceptors (Lipinski definition) is 5. The first kappa shape index (κ1) is 15.2. The fraction of sp³-hybridized carbons (Fsp3) is 0.733.